The van der Waals surface area contributed by atoms with E-state index in [1.54, 1.807) is 17.4 Å². The van der Waals surface area contributed by atoms with Crippen LogP contribution in [0.3, 0.4) is 0 Å². The van der Waals surface area contributed by atoms with Crippen molar-refractivity contribution in [3.8, 4) is 0 Å². The molecule has 0 saturated carbocycles. The second kappa shape index (κ2) is 3.44. The third-order valence-electron chi connectivity index (χ3n) is 2.04. The molecule has 0 bridgehead atoms. The molecule has 13 heavy (non-hydrogen) atoms. The van der Waals surface area contributed by atoms with Crippen LogP contribution >= 0.6 is 11.3 Å². The number of thiophene rings is 1. The van der Waals surface area contributed by atoms with Crippen molar-refractivity contribution < 1.29 is 4.39 Å². The molecule has 1 aromatic heterocycles. The van der Waals surface area contributed by atoms with Gasteiger partial charge in [-0.25, -0.2) is 4.39 Å². The average molecular weight is 195 g/mol. The molecular formula is C10H10FNS. The van der Waals surface area contributed by atoms with Crippen LogP contribution in [0, 0.1) is 5.82 Å². The summed E-state index contributed by atoms with van der Waals surface area (Å²) in [4.78, 5) is 0. The van der Waals surface area contributed by atoms with Gasteiger partial charge in [-0.3, -0.25) is 0 Å². The first-order valence-corrected chi connectivity index (χ1v) is 5.05. The minimum atomic E-state index is -0.142. The second-order valence-corrected chi connectivity index (χ2v) is 3.89. The predicted octanol–water partition coefficient (Wildman–Crippen LogP) is 2.54. The molecule has 3 heteroatoms. The third kappa shape index (κ3) is 1.57. The van der Waals surface area contributed by atoms with Crippen LogP contribution in [0.15, 0.2) is 23.6 Å². The number of hydrogen-bond donors (Lipinski definition) is 1. The fourth-order valence-electron chi connectivity index (χ4n) is 1.37. The van der Waals surface area contributed by atoms with Gasteiger partial charge >= 0.3 is 0 Å². The van der Waals surface area contributed by atoms with Crippen molar-refractivity contribution >= 4 is 21.4 Å². The maximum Gasteiger partial charge on any atom is 0.127 e. The molecule has 1 heterocycles. The number of hydrogen-bond acceptors (Lipinski definition) is 2. The van der Waals surface area contributed by atoms with Gasteiger partial charge in [0.15, 0.2) is 0 Å². The van der Waals surface area contributed by atoms with E-state index in [4.69, 9.17) is 5.73 Å². The Morgan fingerprint density at radius 3 is 3.00 bits per heavy atom. The number of halogens is 1. The Bertz CT molecular complexity index is 422. The lowest BCUT2D eigenvalue weighted by Crippen LogP contribution is -2.04. The molecule has 0 atom stereocenters. The van der Waals surface area contributed by atoms with E-state index < -0.39 is 0 Å². The zero-order valence-corrected chi connectivity index (χ0v) is 7.90. The van der Waals surface area contributed by atoms with E-state index in [1.165, 1.54) is 0 Å². The van der Waals surface area contributed by atoms with Gasteiger partial charge in [-0.2, -0.15) is 0 Å². The number of benzene rings is 1. The van der Waals surface area contributed by atoms with Crippen LogP contribution in [0.1, 0.15) is 5.56 Å². The molecule has 2 N–H and O–H groups in total. The fourth-order valence-corrected chi connectivity index (χ4v) is 2.21. The van der Waals surface area contributed by atoms with Gasteiger partial charge in [0.25, 0.3) is 0 Å². The summed E-state index contributed by atoms with van der Waals surface area (Å²) >= 11 is 1.63. The van der Waals surface area contributed by atoms with Crippen LogP contribution in [0.2, 0.25) is 0 Å². The van der Waals surface area contributed by atoms with Crippen molar-refractivity contribution in [1.82, 2.24) is 0 Å². The van der Waals surface area contributed by atoms with E-state index in [1.807, 2.05) is 17.5 Å². The minimum Gasteiger partial charge on any atom is -0.330 e. The molecule has 68 valence electrons. The zero-order valence-electron chi connectivity index (χ0n) is 7.09. The number of fused-ring (bicyclic) bond motifs is 1. The van der Waals surface area contributed by atoms with Crippen LogP contribution in [0.4, 0.5) is 4.39 Å². The molecule has 1 aromatic carbocycles. The highest BCUT2D eigenvalue weighted by atomic mass is 32.1. The summed E-state index contributed by atoms with van der Waals surface area (Å²) in [6.45, 7) is 0.494. The molecule has 1 nitrogen and oxygen atoms in total. The van der Waals surface area contributed by atoms with E-state index in [9.17, 15) is 4.39 Å². The van der Waals surface area contributed by atoms with E-state index >= 15 is 0 Å². The molecule has 2 rings (SSSR count). The molecule has 0 fully saturated rings. The van der Waals surface area contributed by atoms with Crippen molar-refractivity contribution in [1.29, 1.82) is 0 Å². The molecule has 0 amide bonds. The summed E-state index contributed by atoms with van der Waals surface area (Å²) in [5, 5.41) is 2.94. The highest BCUT2D eigenvalue weighted by Crippen LogP contribution is 2.24. The highest BCUT2D eigenvalue weighted by Gasteiger charge is 2.04. The highest BCUT2D eigenvalue weighted by molar-refractivity contribution is 7.17. The van der Waals surface area contributed by atoms with Gasteiger partial charge in [-0.15, -0.1) is 11.3 Å². The molecule has 2 aromatic rings. The summed E-state index contributed by atoms with van der Waals surface area (Å²) in [6, 6.07) is 5.40. The SMILES string of the molecule is NCCc1cc2sccc2cc1F. The molecule has 0 unspecified atom stereocenters. The lowest BCUT2D eigenvalue weighted by molar-refractivity contribution is 0.612. The standard InChI is InChI=1S/C10H10FNS/c11-9-5-8-2-4-13-10(8)6-7(9)1-3-12/h2,4-6H,1,3,12H2. The Morgan fingerprint density at radius 2 is 2.23 bits per heavy atom. The van der Waals surface area contributed by atoms with Gasteiger partial charge in [0.2, 0.25) is 0 Å². The van der Waals surface area contributed by atoms with Gasteiger partial charge in [0.05, 0.1) is 0 Å². The van der Waals surface area contributed by atoms with Gasteiger partial charge < -0.3 is 5.73 Å². The topological polar surface area (TPSA) is 26.0 Å². The van der Waals surface area contributed by atoms with Crippen molar-refractivity contribution in [2.75, 3.05) is 6.54 Å². The fraction of sp³-hybridized carbons (Fsp3) is 0.200. The lowest BCUT2D eigenvalue weighted by Gasteiger charge is -2.00. The van der Waals surface area contributed by atoms with Gasteiger partial charge in [0, 0.05) is 4.70 Å². The smallest absolute Gasteiger partial charge is 0.127 e. The maximum absolute atomic E-state index is 13.3. The van der Waals surface area contributed by atoms with Crippen molar-refractivity contribution in [3.63, 3.8) is 0 Å². The molecule has 0 spiro atoms. The summed E-state index contributed by atoms with van der Waals surface area (Å²) in [5.74, 6) is -0.142. The van der Waals surface area contributed by atoms with Crippen LogP contribution in [0.25, 0.3) is 10.1 Å². The molecule has 0 radical (unpaired) electrons. The van der Waals surface area contributed by atoms with Crippen molar-refractivity contribution in [2.24, 2.45) is 5.73 Å². The van der Waals surface area contributed by atoms with Crippen LogP contribution < -0.4 is 5.73 Å². The predicted molar refractivity (Wildman–Crippen MR) is 54.5 cm³/mol. The first-order chi connectivity index (χ1) is 6.31. The normalized spacial score (nSPS) is 10.9. The van der Waals surface area contributed by atoms with Crippen LogP contribution in [0.5, 0.6) is 0 Å². The monoisotopic (exact) mass is 195 g/mol. The zero-order chi connectivity index (χ0) is 9.26. The molecule has 0 aliphatic carbocycles. The summed E-state index contributed by atoms with van der Waals surface area (Å²) < 4.78 is 14.5. The molecule has 0 aliphatic rings. The maximum atomic E-state index is 13.3. The lowest BCUT2D eigenvalue weighted by atomic mass is 10.1. The Balaban J connectivity index is 2.56. The van der Waals surface area contributed by atoms with Gasteiger partial charge in [0.1, 0.15) is 5.82 Å². The third-order valence-corrected chi connectivity index (χ3v) is 2.91. The Hall–Kier alpha value is -0.930. The van der Waals surface area contributed by atoms with Crippen LogP contribution in [-0.2, 0) is 6.42 Å². The molecule has 0 saturated heterocycles. The Kier molecular flexibility index (Phi) is 2.29. The first kappa shape index (κ1) is 8.66. The Morgan fingerprint density at radius 1 is 1.38 bits per heavy atom. The van der Waals surface area contributed by atoms with Crippen LogP contribution in [-0.4, -0.2) is 6.54 Å². The van der Waals surface area contributed by atoms with Crippen molar-refractivity contribution in [3.05, 3.63) is 35.0 Å². The summed E-state index contributed by atoms with van der Waals surface area (Å²) in [6.07, 6.45) is 0.611. The Labute approximate surface area is 80.0 Å². The number of nitrogens with two attached hydrogens (primary N) is 1. The van der Waals surface area contributed by atoms with Gasteiger partial charge in [-0.05, 0) is 47.5 Å². The minimum absolute atomic E-state index is 0.142. The second-order valence-electron chi connectivity index (χ2n) is 2.94. The quantitative estimate of drug-likeness (QED) is 0.783. The van der Waals surface area contributed by atoms with E-state index in [0.29, 0.717) is 13.0 Å². The van der Waals surface area contributed by atoms with E-state index in [0.717, 1.165) is 15.6 Å². The summed E-state index contributed by atoms with van der Waals surface area (Å²) in [5.41, 5.74) is 6.11. The van der Waals surface area contributed by atoms with E-state index in [2.05, 4.69) is 0 Å². The van der Waals surface area contributed by atoms with Gasteiger partial charge in [-0.1, -0.05) is 0 Å². The molecule has 0 aliphatic heterocycles. The number of rotatable bonds is 2. The summed E-state index contributed by atoms with van der Waals surface area (Å²) in [7, 11) is 0. The van der Waals surface area contributed by atoms with Crippen molar-refractivity contribution in [2.45, 2.75) is 6.42 Å². The molecular weight excluding hydrogens is 185 g/mol. The average Bonchev–Trinajstić information content (AvgIpc) is 2.52. The first-order valence-electron chi connectivity index (χ1n) is 4.17. The largest absolute Gasteiger partial charge is 0.330 e. The van der Waals surface area contributed by atoms with E-state index in [-0.39, 0.29) is 5.82 Å².